The van der Waals surface area contributed by atoms with Crippen LogP contribution in [0.15, 0.2) is 63.6 Å². The van der Waals surface area contributed by atoms with E-state index in [0.29, 0.717) is 12.1 Å². The Hall–Kier alpha value is -3.45. The van der Waals surface area contributed by atoms with Crippen LogP contribution in [0.4, 0.5) is 11.6 Å². The summed E-state index contributed by atoms with van der Waals surface area (Å²) in [6.45, 7) is 1.78. The number of H-pyrrole nitrogens is 1. The first kappa shape index (κ1) is 22.2. The van der Waals surface area contributed by atoms with E-state index < -0.39 is 26.7 Å². The number of nitrogens with zero attached hydrogens (tertiary/aromatic N) is 3. The number of rotatable bonds is 8. The van der Waals surface area contributed by atoms with E-state index in [4.69, 9.17) is 0 Å². The third-order valence-electron chi connectivity index (χ3n) is 3.85. The van der Waals surface area contributed by atoms with Gasteiger partial charge in [-0.3, -0.25) is 9.59 Å². The summed E-state index contributed by atoms with van der Waals surface area (Å²) in [5.41, 5.74) is -0.145. The number of sulfonamides is 1. The highest BCUT2D eigenvalue weighted by molar-refractivity contribution is 8.00. The van der Waals surface area contributed by atoms with Crippen molar-refractivity contribution >= 4 is 39.3 Å². The van der Waals surface area contributed by atoms with Gasteiger partial charge in [0.15, 0.2) is 5.16 Å². The fourth-order valence-corrected chi connectivity index (χ4v) is 4.27. The van der Waals surface area contributed by atoms with Crippen molar-refractivity contribution in [1.82, 2.24) is 19.9 Å². The van der Waals surface area contributed by atoms with E-state index in [1.54, 1.807) is 13.0 Å². The lowest BCUT2D eigenvalue weighted by molar-refractivity contribution is -0.115. The van der Waals surface area contributed by atoms with Crippen molar-refractivity contribution in [3.8, 4) is 5.88 Å². The van der Waals surface area contributed by atoms with E-state index in [9.17, 15) is 23.1 Å². The molecule has 3 rings (SSSR count). The molecule has 0 spiro atoms. The van der Waals surface area contributed by atoms with Gasteiger partial charge in [0, 0.05) is 18.1 Å². The summed E-state index contributed by atoms with van der Waals surface area (Å²) in [6.07, 6.45) is 3.24. The minimum absolute atomic E-state index is 0.0269. The molecule has 13 heteroatoms. The molecule has 1 amide bonds. The summed E-state index contributed by atoms with van der Waals surface area (Å²) in [5, 5.41) is 11.6. The molecule has 1 atom stereocenters. The lowest BCUT2D eigenvalue weighted by atomic mass is 10.3. The van der Waals surface area contributed by atoms with Crippen molar-refractivity contribution in [3.05, 3.63) is 59.1 Å². The van der Waals surface area contributed by atoms with Crippen molar-refractivity contribution in [2.24, 2.45) is 0 Å². The van der Waals surface area contributed by atoms with E-state index in [-0.39, 0.29) is 21.9 Å². The number of hydrogen-bond donors (Lipinski definition) is 4. The van der Waals surface area contributed by atoms with Gasteiger partial charge in [0.1, 0.15) is 0 Å². The second-order valence-corrected chi connectivity index (χ2v) is 8.99. The van der Waals surface area contributed by atoms with Crippen molar-refractivity contribution in [2.75, 3.05) is 10.0 Å². The number of nitrogens with one attached hydrogen (secondary N) is 3. The summed E-state index contributed by atoms with van der Waals surface area (Å²) in [7, 11) is -3.89. The highest BCUT2D eigenvalue weighted by Gasteiger charge is 2.21. The fourth-order valence-electron chi connectivity index (χ4n) is 2.41. The molecule has 0 fully saturated rings. The van der Waals surface area contributed by atoms with Crippen LogP contribution < -0.4 is 15.6 Å². The largest absolute Gasteiger partial charge is 0.493 e. The molecule has 2 heterocycles. The highest BCUT2D eigenvalue weighted by Crippen LogP contribution is 2.24. The van der Waals surface area contributed by atoms with Crippen LogP contribution >= 0.6 is 11.8 Å². The van der Waals surface area contributed by atoms with Gasteiger partial charge in [-0.1, -0.05) is 18.7 Å². The summed E-state index contributed by atoms with van der Waals surface area (Å²) >= 11 is 0.995. The van der Waals surface area contributed by atoms with Crippen molar-refractivity contribution in [1.29, 1.82) is 0 Å². The molecule has 0 aliphatic heterocycles. The van der Waals surface area contributed by atoms with Gasteiger partial charge >= 0.3 is 0 Å². The van der Waals surface area contributed by atoms with E-state index in [0.717, 1.165) is 17.8 Å². The minimum Gasteiger partial charge on any atom is -0.493 e. The standard InChI is InChI=1S/C18H18N6O5S2/c1-2-13(30-18-22-14(25)10-15(26)23-18)16(27)21-11-4-6-12(7-5-11)31(28,29)24-17-19-8-3-9-20-17/h3-10,13H,2H2,1H3,(H,21,27)(H,19,20,24)(H2,22,23,25,26). The summed E-state index contributed by atoms with van der Waals surface area (Å²) in [5.74, 6) is -0.862. The van der Waals surface area contributed by atoms with Crippen LogP contribution in [0, 0.1) is 0 Å². The SMILES string of the molecule is CCC(Sc1nc(O)cc(=O)[nH]1)C(=O)Nc1ccc(S(=O)(=O)Nc2ncccn2)cc1. The quantitative estimate of drug-likeness (QED) is 0.287. The monoisotopic (exact) mass is 462 g/mol. The fraction of sp³-hybridized carbons (Fsp3) is 0.167. The van der Waals surface area contributed by atoms with Crippen LogP contribution in [0.5, 0.6) is 5.88 Å². The molecule has 0 saturated heterocycles. The average Bonchev–Trinajstić information content (AvgIpc) is 2.72. The molecule has 2 aromatic heterocycles. The summed E-state index contributed by atoms with van der Waals surface area (Å²) < 4.78 is 27.1. The third-order valence-corrected chi connectivity index (χ3v) is 6.44. The van der Waals surface area contributed by atoms with Gasteiger partial charge in [0.25, 0.3) is 15.6 Å². The van der Waals surface area contributed by atoms with Gasteiger partial charge in [0.2, 0.25) is 17.7 Å². The number of aromatic hydroxyl groups is 1. The van der Waals surface area contributed by atoms with Crippen LogP contribution in [-0.4, -0.2) is 44.6 Å². The maximum Gasteiger partial charge on any atom is 0.264 e. The predicted octanol–water partition coefficient (Wildman–Crippen LogP) is 1.58. The number of carbonyl (C=O) groups is 1. The maximum atomic E-state index is 12.6. The first-order chi connectivity index (χ1) is 14.8. The molecule has 0 bridgehead atoms. The maximum absolute atomic E-state index is 12.6. The Morgan fingerprint density at radius 3 is 2.52 bits per heavy atom. The van der Waals surface area contributed by atoms with E-state index in [1.165, 1.54) is 36.7 Å². The zero-order valence-corrected chi connectivity index (χ0v) is 17.8. The molecule has 31 heavy (non-hydrogen) atoms. The van der Waals surface area contributed by atoms with Gasteiger partial charge in [0.05, 0.1) is 16.2 Å². The van der Waals surface area contributed by atoms with Gasteiger partial charge in [-0.2, -0.15) is 4.98 Å². The minimum atomic E-state index is -3.89. The Bertz CT molecular complexity index is 1220. The van der Waals surface area contributed by atoms with Gasteiger partial charge in [-0.15, -0.1) is 0 Å². The third kappa shape index (κ3) is 6.02. The molecule has 1 unspecified atom stereocenters. The zero-order valence-electron chi connectivity index (χ0n) is 16.1. The molecule has 11 nitrogen and oxygen atoms in total. The summed E-state index contributed by atoms with van der Waals surface area (Å²) in [4.78, 5) is 37.9. The van der Waals surface area contributed by atoms with Crippen LogP contribution in [0.2, 0.25) is 0 Å². The lowest BCUT2D eigenvalue weighted by Gasteiger charge is -2.14. The van der Waals surface area contributed by atoms with E-state index >= 15 is 0 Å². The molecule has 0 aliphatic carbocycles. The normalized spacial score (nSPS) is 12.2. The van der Waals surface area contributed by atoms with Crippen molar-refractivity contribution < 1.29 is 18.3 Å². The molecule has 162 valence electrons. The predicted molar refractivity (Wildman–Crippen MR) is 114 cm³/mol. The average molecular weight is 463 g/mol. The number of anilines is 2. The van der Waals surface area contributed by atoms with Gasteiger partial charge < -0.3 is 15.4 Å². The molecular formula is C18H18N6O5S2. The summed E-state index contributed by atoms with van der Waals surface area (Å²) in [6, 6.07) is 8.06. The molecule has 0 radical (unpaired) electrons. The van der Waals surface area contributed by atoms with Crippen LogP contribution in [0.1, 0.15) is 13.3 Å². The number of benzene rings is 1. The molecular weight excluding hydrogens is 444 g/mol. The number of thioether (sulfide) groups is 1. The smallest absolute Gasteiger partial charge is 0.264 e. The molecule has 0 saturated carbocycles. The van der Waals surface area contributed by atoms with Crippen LogP contribution in [-0.2, 0) is 14.8 Å². The second kappa shape index (κ2) is 9.57. The lowest BCUT2D eigenvalue weighted by Crippen LogP contribution is -2.25. The number of aromatic nitrogens is 4. The molecule has 1 aromatic carbocycles. The molecule has 3 aromatic rings. The highest BCUT2D eigenvalue weighted by atomic mass is 32.2. The zero-order chi connectivity index (χ0) is 22.4. The van der Waals surface area contributed by atoms with Crippen LogP contribution in [0.3, 0.4) is 0 Å². The Morgan fingerprint density at radius 1 is 1.23 bits per heavy atom. The van der Waals surface area contributed by atoms with E-state index in [1.807, 2.05) is 0 Å². The van der Waals surface area contributed by atoms with Crippen molar-refractivity contribution in [3.63, 3.8) is 0 Å². The molecule has 4 N–H and O–H groups in total. The first-order valence-electron chi connectivity index (χ1n) is 8.94. The Morgan fingerprint density at radius 2 is 1.90 bits per heavy atom. The van der Waals surface area contributed by atoms with Crippen molar-refractivity contribution in [2.45, 2.75) is 28.6 Å². The number of aromatic amines is 1. The molecule has 0 aliphatic rings. The van der Waals surface area contributed by atoms with E-state index in [2.05, 4.69) is 30.0 Å². The Labute approximate surface area is 181 Å². The number of hydrogen-bond acceptors (Lipinski definition) is 9. The Balaban J connectivity index is 1.67. The van der Waals surface area contributed by atoms with Gasteiger partial charge in [-0.25, -0.2) is 23.1 Å². The number of amides is 1. The first-order valence-corrected chi connectivity index (χ1v) is 11.3. The Kier molecular flexibility index (Phi) is 6.87. The second-order valence-electron chi connectivity index (χ2n) is 6.12. The topological polar surface area (TPSA) is 167 Å². The van der Waals surface area contributed by atoms with Crippen LogP contribution in [0.25, 0.3) is 0 Å². The van der Waals surface area contributed by atoms with Gasteiger partial charge in [-0.05, 0) is 36.8 Å². The number of carbonyl (C=O) groups excluding carboxylic acids is 1.